The fourth-order valence-corrected chi connectivity index (χ4v) is 3.84. The van der Waals surface area contributed by atoms with Crippen LogP contribution in [0.5, 0.6) is 0 Å². The molecule has 1 N–H and O–H groups in total. The van der Waals surface area contributed by atoms with Gasteiger partial charge in [-0.05, 0) is 43.7 Å². The molecule has 0 aromatic carbocycles. The van der Waals surface area contributed by atoms with E-state index in [4.69, 9.17) is 0 Å². The van der Waals surface area contributed by atoms with Crippen LogP contribution in [0.1, 0.15) is 60.3 Å². The molecule has 0 radical (unpaired) electrons. The van der Waals surface area contributed by atoms with Crippen LogP contribution in [0, 0.1) is 17.3 Å². The third-order valence-corrected chi connectivity index (χ3v) is 5.23. The molecule has 0 spiro atoms. The molecule has 1 rings (SSSR count). The maximum atomic E-state index is 3.61. The molecular formula is C17H36N2. The minimum absolute atomic E-state index is 0.452. The summed E-state index contributed by atoms with van der Waals surface area (Å²) >= 11 is 0. The first-order valence-electron chi connectivity index (χ1n) is 8.34. The quantitative estimate of drug-likeness (QED) is 0.756. The van der Waals surface area contributed by atoms with E-state index in [1.165, 1.54) is 45.3 Å². The van der Waals surface area contributed by atoms with Crippen molar-refractivity contribution >= 4 is 0 Å². The van der Waals surface area contributed by atoms with E-state index in [9.17, 15) is 0 Å². The summed E-state index contributed by atoms with van der Waals surface area (Å²) in [6.07, 6.45) is 5.46. The average molecular weight is 268 g/mol. The van der Waals surface area contributed by atoms with Crippen LogP contribution < -0.4 is 5.32 Å². The zero-order chi connectivity index (χ0) is 14.5. The lowest BCUT2D eigenvalue weighted by Gasteiger charge is -2.45. The van der Waals surface area contributed by atoms with E-state index in [2.05, 4.69) is 51.9 Å². The highest BCUT2D eigenvalue weighted by molar-refractivity contribution is 4.93. The molecule has 0 aromatic rings. The SMILES string of the molecule is CCC(C)CN(CC)CC1CCCC(C)(C)C1NC. The van der Waals surface area contributed by atoms with Gasteiger partial charge >= 0.3 is 0 Å². The topological polar surface area (TPSA) is 15.3 Å². The van der Waals surface area contributed by atoms with Crippen LogP contribution in [0.4, 0.5) is 0 Å². The molecule has 0 saturated heterocycles. The van der Waals surface area contributed by atoms with Crippen molar-refractivity contribution in [1.29, 1.82) is 0 Å². The predicted molar refractivity (Wildman–Crippen MR) is 85.5 cm³/mol. The zero-order valence-electron chi connectivity index (χ0n) is 14.1. The van der Waals surface area contributed by atoms with E-state index >= 15 is 0 Å². The highest BCUT2D eigenvalue weighted by Gasteiger charge is 2.38. The van der Waals surface area contributed by atoms with Crippen LogP contribution in [0.2, 0.25) is 0 Å². The van der Waals surface area contributed by atoms with Gasteiger partial charge in [-0.3, -0.25) is 0 Å². The maximum Gasteiger partial charge on any atom is 0.0156 e. The minimum Gasteiger partial charge on any atom is -0.316 e. The molecule has 2 heteroatoms. The molecule has 19 heavy (non-hydrogen) atoms. The van der Waals surface area contributed by atoms with Crippen molar-refractivity contribution < 1.29 is 0 Å². The van der Waals surface area contributed by atoms with E-state index < -0.39 is 0 Å². The molecule has 1 aliphatic carbocycles. The number of nitrogens with zero attached hydrogens (tertiary/aromatic N) is 1. The summed E-state index contributed by atoms with van der Waals surface area (Å²) in [5.74, 6) is 1.64. The molecule has 3 atom stereocenters. The van der Waals surface area contributed by atoms with Gasteiger partial charge in [0, 0.05) is 19.1 Å². The first kappa shape index (κ1) is 17.0. The molecule has 114 valence electrons. The van der Waals surface area contributed by atoms with Crippen molar-refractivity contribution in [3.63, 3.8) is 0 Å². The van der Waals surface area contributed by atoms with E-state index in [-0.39, 0.29) is 0 Å². The van der Waals surface area contributed by atoms with Gasteiger partial charge in [0.05, 0.1) is 0 Å². The van der Waals surface area contributed by atoms with Crippen LogP contribution >= 0.6 is 0 Å². The fourth-order valence-electron chi connectivity index (χ4n) is 3.84. The highest BCUT2D eigenvalue weighted by atomic mass is 15.1. The second kappa shape index (κ2) is 7.64. The molecule has 0 heterocycles. The smallest absolute Gasteiger partial charge is 0.0156 e. The molecule has 1 aliphatic rings. The summed E-state index contributed by atoms with van der Waals surface area (Å²) in [5.41, 5.74) is 0.452. The largest absolute Gasteiger partial charge is 0.316 e. The van der Waals surface area contributed by atoms with E-state index in [1.54, 1.807) is 0 Å². The normalized spacial score (nSPS) is 28.6. The van der Waals surface area contributed by atoms with Gasteiger partial charge in [-0.15, -0.1) is 0 Å². The first-order chi connectivity index (χ1) is 8.94. The lowest BCUT2D eigenvalue weighted by Crippen LogP contribution is -2.52. The first-order valence-corrected chi connectivity index (χ1v) is 8.34. The summed E-state index contributed by atoms with van der Waals surface area (Å²) in [7, 11) is 2.15. The molecule has 3 unspecified atom stereocenters. The van der Waals surface area contributed by atoms with Gasteiger partial charge in [0.15, 0.2) is 0 Å². The van der Waals surface area contributed by atoms with Gasteiger partial charge in [0.2, 0.25) is 0 Å². The summed E-state index contributed by atoms with van der Waals surface area (Å²) in [4.78, 5) is 2.67. The number of hydrogen-bond acceptors (Lipinski definition) is 2. The second-order valence-electron chi connectivity index (χ2n) is 7.27. The second-order valence-corrected chi connectivity index (χ2v) is 7.27. The summed E-state index contributed by atoms with van der Waals surface area (Å²) < 4.78 is 0. The Balaban J connectivity index is 2.61. The third kappa shape index (κ3) is 4.75. The Morgan fingerprint density at radius 3 is 2.53 bits per heavy atom. The van der Waals surface area contributed by atoms with E-state index in [1.807, 2.05) is 0 Å². The molecule has 1 saturated carbocycles. The summed E-state index contributed by atoms with van der Waals surface area (Å²) in [5, 5.41) is 3.61. The molecular weight excluding hydrogens is 232 g/mol. The Labute approximate surface area is 121 Å². The highest BCUT2D eigenvalue weighted by Crippen LogP contribution is 2.39. The van der Waals surface area contributed by atoms with Crippen molar-refractivity contribution in [2.45, 2.75) is 66.3 Å². The Kier molecular flexibility index (Phi) is 6.82. The van der Waals surface area contributed by atoms with Crippen molar-refractivity contribution in [3.05, 3.63) is 0 Å². The number of hydrogen-bond donors (Lipinski definition) is 1. The summed E-state index contributed by atoms with van der Waals surface area (Å²) in [6.45, 7) is 15.6. The van der Waals surface area contributed by atoms with Gasteiger partial charge in [0.25, 0.3) is 0 Å². The molecule has 0 aliphatic heterocycles. The lowest BCUT2D eigenvalue weighted by molar-refractivity contribution is 0.0805. The molecule has 1 fully saturated rings. The van der Waals surface area contributed by atoms with Crippen LogP contribution in [0.15, 0.2) is 0 Å². The molecule has 0 bridgehead atoms. The van der Waals surface area contributed by atoms with Gasteiger partial charge in [-0.25, -0.2) is 0 Å². The summed E-state index contributed by atoms with van der Waals surface area (Å²) in [6, 6.07) is 0.673. The third-order valence-electron chi connectivity index (χ3n) is 5.23. The maximum absolute atomic E-state index is 3.61. The van der Waals surface area contributed by atoms with Gasteiger partial charge in [-0.2, -0.15) is 0 Å². The Hall–Kier alpha value is -0.0800. The fraction of sp³-hybridized carbons (Fsp3) is 1.00. The van der Waals surface area contributed by atoms with E-state index in [0.29, 0.717) is 11.5 Å². The Bertz CT molecular complexity index is 250. The van der Waals surface area contributed by atoms with Crippen molar-refractivity contribution in [1.82, 2.24) is 10.2 Å². The van der Waals surface area contributed by atoms with Crippen molar-refractivity contribution in [3.8, 4) is 0 Å². The number of nitrogens with one attached hydrogen (secondary N) is 1. The average Bonchev–Trinajstić information content (AvgIpc) is 2.36. The zero-order valence-corrected chi connectivity index (χ0v) is 14.1. The van der Waals surface area contributed by atoms with Crippen LogP contribution in [-0.4, -0.2) is 37.6 Å². The van der Waals surface area contributed by atoms with Crippen molar-refractivity contribution in [2.24, 2.45) is 17.3 Å². The molecule has 2 nitrogen and oxygen atoms in total. The monoisotopic (exact) mass is 268 g/mol. The molecule has 0 aromatic heterocycles. The minimum atomic E-state index is 0.452. The number of rotatable bonds is 7. The van der Waals surface area contributed by atoms with Gasteiger partial charge < -0.3 is 10.2 Å². The Morgan fingerprint density at radius 2 is 2.00 bits per heavy atom. The van der Waals surface area contributed by atoms with Crippen LogP contribution in [0.25, 0.3) is 0 Å². The Morgan fingerprint density at radius 1 is 1.32 bits per heavy atom. The van der Waals surface area contributed by atoms with Crippen molar-refractivity contribution in [2.75, 3.05) is 26.7 Å². The molecule has 0 amide bonds. The van der Waals surface area contributed by atoms with E-state index in [0.717, 1.165) is 11.8 Å². The van der Waals surface area contributed by atoms with Crippen LogP contribution in [-0.2, 0) is 0 Å². The van der Waals surface area contributed by atoms with Gasteiger partial charge in [-0.1, -0.05) is 47.5 Å². The van der Waals surface area contributed by atoms with Gasteiger partial charge in [0.1, 0.15) is 0 Å². The predicted octanol–water partition coefficient (Wildman–Crippen LogP) is 3.77. The van der Waals surface area contributed by atoms with Crippen LogP contribution in [0.3, 0.4) is 0 Å². The lowest BCUT2D eigenvalue weighted by atomic mass is 9.68. The standard InChI is InChI=1S/C17H36N2/c1-7-14(3)12-19(8-2)13-15-10-9-11-17(4,5)16(15)18-6/h14-16,18H,7-13H2,1-6H3.